The van der Waals surface area contributed by atoms with Gasteiger partial charge in [0.1, 0.15) is 12.4 Å². The third kappa shape index (κ3) is 4.26. The van der Waals surface area contributed by atoms with E-state index in [1.807, 2.05) is 4.90 Å². The van der Waals surface area contributed by atoms with Crippen molar-refractivity contribution < 1.29 is 23.4 Å². The molecule has 0 amide bonds. The van der Waals surface area contributed by atoms with Crippen molar-refractivity contribution in [3.05, 3.63) is 47.5 Å². The first-order valence-electron chi connectivity index (χ1n) is 8.41. The maximum absolute atomic E-state index is 14.4. The molecule has 7 nitrogen and oxygen atoms in total. The molecule has 1 aromatic heterocycles. The summed E-state index contributed by atoms with van der Waals surface area (Å²) in [6.45, 7) is 4.60. The van der Waals surface area contributed by atoms with Gasteiger partial charge in [-0.15, -0.1) is 0 Å². The van der Waals surface area contributed by atoms with Crippen LogP contribution in [-0.4, -0.2) is 48.8 Å². The lowest BCUT2D eigenvalue weighted by Crippen LogP contribution is -2.37. The normalized spacial score (nSPS) is 14.2. The van der Waals surface area contributed by atoms with E-state index in [9.17, 15) is 9.18 Å². The fourth-order valence-electron chi connectivity index (χ4n) is 2.53. The van der Waals surface area contributed by atoms with Crippen molar-refractivity contribution in [2.24, 2.45) is 0 Å². The maximum Gasteiger partial charge on any atom is 0.341 e. The van der Waals surface area contributed by atoms with Crippen LogP contribution in [0.1, 0.15) is 22.8 Å². The summed E-state index contributed by atoms with van der Waals surface area (Å²) in [6, 6.07) is 4.53. The van der Waals surface area contributed by atoms with Crippen molar-refractivity contribution in [1.82, 2.24) is 9.97 Å². The molecule has 1 aromatic carbocycles. The zero-order valence-electron chi connectivity index (χ0n) is 14.5. The van der Waals surface area contributed by atoms with Gasteiger partial charge in [-0.3, -0.25) is 0 Å². The van der Waals surface area contributed by atoms with E-state index in [0.717, 1.165) is 13.1 Å². The minimum Gasteiger partial charge on any atom is -0.486 e. The zero-order valence-corrected chi connectivity index (χ0v) is 14.5. The Kier molecular flexibility index (Phi) is 5.96. The average molecular weight is 361 g/mol. The number of carbonyl (C=O) groups excluding carboxylic acids is 1. The van der Waals surface area contributed by atoms with Gasteiger partial charge in [-0.25, -0.2) is 19.2 Å². The number of hydrogen-bond acceptors (Lipinski definition) is 7. The SMILES string of the molecule is CCOC(=O)c1cccc(COc2cnc(N3CCOCC3)nc2)c1F. The van der Waals surface area contributed by atoms with E-state index in [1.54, 1.807) is 31.5 Å². The summed E-state index contributed by atoms with van der Waals surface area (Å²) < 4.78 is 30.1. The lowest BCUT2D eigenvalue weighted by molar-refractivity contribution is 0.0520. The minimum absolute atomic E-state index is 0.0423. The Bertz CT molecular complexity index is 749. The molecule has 0 saturated carbocycles. The molecule has 2 heterocycles. The fourth-order valence-corrected chi connectivity index (χ4v) is 2.53. The second-order valence-corrected chi connectivity index (χ2v) is 5.61. The zero-order chi connectivity index (χ0) is 18.4. The number of benzene rings is 1. The average Bonchev–Trinajstić information content (AvgIpc) is 2.68. The first-order chi connectivity index (χ1) is 12.7. The van der Waals surface area contributed by atoms with Crippen molar-refractivity contribution in [2.75, 3.05) is 37.8 Å². The molecule has 0 bridgehead atoms. The molecule has 0 spiro atoms. The molecule has 8 heteroatoms. The molecule has 138 valence electrons. The molecule has 1 aliphatic rings. The van der Waals surface area contributed by atoms with Crippen LogP contribution < -0.4 is 9.64 Å². The highest BCUT2D eigenvalue weighted by Crippen LogP contribution is 2.18. The summed E-state index contributed by atoms with van der Waals surface area (Å²) >= 11 is 0. The molecule has 26 heavy (non-hydrogen) atoms. The van der Waals surface area contributed by atoms with E-state index >= 15 is 0 Å². The molecular formula is C18H20FN3O4. The lowest BCUT2D eigenvalue weighted by Gasteiger charge is -2.26. The summed E-state index contributed by atoms with van der Waals surface area (Å²) in [5, 5.41) is 0. The molecule has 3 rings (SSSR count). The first kappa shape index (κ1) is 18.1. The standard InChI is InChI=1S/C18H20FN3O4/c1-2-25-17(23)15-5-3-4-13(16(15)19)12-26-14-10-20-18(21-11-14)22-6-8-24-9-7-22/h3-5,10-11H,2,6-9,12H2,1H3. The number of morpholine rings is 1. The Morgan fingerprint density at radius 1 is 1.27 bits per heavy atom. The molecular weight excluding hydrogens is 341 g/mol. The molecule has 1 aliphatic heterocycles. The highest BCUT2D eigenvalue weighted by atomic mass is 19.1. The molecule has 0 radical (unpaired) electrons. The number of hydrogen-bond donors (Lipinski definition) is 0. The van der Waals surface area contributed by atoms with Gasteiger partial charge in [0.2, 0.25) is 5.95 Å². The Morgan fingerprint density at radius 2 is 2.00 bits per heavy atom. The third-order valence-electron chi connectivity index (χ3n) is 3.88. The van der Waals surface area contributed by atoms with Crippen LogP contribution in [-0.2, 0) is 16.1 Å². The van der Waals surface area contributed by atoms with Crippen molar-refractivity contribution >= 4 is 11.9 Å². The topological polar surface area (TPSA) is 73.8 Å². The Labute approximate surface area is 150 Å². The second-order valence-electron chi connectivity index (χ2n) is 5.61. The lowest BCUT2D eigenvalue weighted by atomic mass is 10.1. The highest BCUT2D eigenvalue weighted by molar-refractivity contribution is 5.89. The van der Waals surface area contributed by atoms with E-state index in [-0.39, 0.29) is 24.3 Å². The van der Waals surface area contributed by atoms with Crippen molar-refractivity contribution in [1.29, 1.82) is 0 Å². The van der Waals surface area contributed by atoms with Gasteiger partial charge in [-0.1, -0.05) is 12.1 Å². The summed E-state index contributed by atoms with van der Waals surface area (Å²) in [7, 11) is 0. The Morgan fingerprint density at radius 3 is 2.69 bits per heavy atom. The van der Waals surface area contributed by atoms with Gasteiger partial charge in [0.05, 0.1) is 37.8 Å². The van der Waals surface area contributed by atoms with Crippen LogP contribution in [0.25, 0.3) is 0 Å². The molecule has 2 aromatic rings. The largest absolute Gasteiger partial charge is 0.486 e. The summed E-state index contributed by atoms with van der Waals surface area (Å²) in [5.74, 6) is -0.305. The molecule has 0 atom stereocenters. The maximum atomic E-state index is 14.4. The monoisotopic (exact) mass is 361 g/mol. The number of aromatic nitrogens is 2. The molecule has 0 unspecified atom stereocenters. The van der Waals surface area contributed by atoms with E-state index in [1.165, 1.54) is 6.07 Å². The number of rotatable bonds is 6. The summed E-state index contributed by atoms with van der Waals surface area (Å²) in [4.78, 5) is 22.3. The number of ether oxygens (including phenoxy) is 3. The van der Waals surface area contributed by atoms with E-state index in [2.05, 4.69) is 9.97 Å². The van der Waals surface area contributed by atoms with Crippen LogP contribution in [0.4, 0.5) is 10.3 Å². The first-order valence-corrected chi connectivity index (χ1v) is 8.41. The van der Waals surface area contributed by atoms with E-state index in [0.29, 0.717) is 24.9 Å². The van der Waals surface area contributed by atoms with Gasteiger partial charge in [-0.05, 0) is 13.0 Å². The Hall–Kier alpha value is -2.74. The summed E-state index contributed by atoms with van der Waals surface area (Å²) in [6.07, 6.45) is 3.09. The van der Waals surface area contributed by atoms with Gasteiger partial charge < -0.3 is 19.1 Å². The number of anilines is 1. The molecule has 0 N–H and O–H groups in total. The summed E-state index contributed by atoms with van der Waals surface area (Å²) in [5.41, 5.74) is 0.152. The van der Waals surface area contributed by atoms with E-state index < -0.39 is 11.8 Å². The fraction of sp³-hybridized carbons (Fsp3) is 0.389. The number of carbonyl (C=O) groups is 1. The Balaban J connectivity index is 1.63. The molecule has 1 fully saturated rings. The highest BCUT2D eigenvalue weighted by Gasteiger charge is 2.17. The number of halogens is 1. The van der Waals surface area contributed by atoms with E-state index in [4.69, 9.17) is 14.2 Å². The third-order valence-corrected chi connectivity index (χ3v) is 3.88. The second kappa shape index (κ2) is 8.57. The molecule has 0 aliphatic carbocycles. The van der Waals surface area contributed by atoms with Gasteiger partial charge >= 0.3 is 5.97 Å². The number of nitrogens with zero attached hydrogens (tertiary/aromatic N) is 3. The van der Waals surface area contributed by atoms with Crippen molar-refractivity contribution in [3.63, 3.8) is 0 Å². The van der Waals surface area contributed by atoms with Gasteiger partial charge in [0, 0.05) is 18.7 Å². The molecule has 1 saturated heterocycles. The smallest absolute Gasteiger partial charge is 0.341 e. The van der Waals surface area contributed by atoms with Crippen LogP contribution in [0.15, 0.2) is 30.6 Å². The predicted molar refractivity (Wildman–Crippen MR) is 91.8 cm³/mol. The van der Waals surface area contributed by atoms with Crippen LogP contribution in [0, 0.1) is 5.82 Å². The number of esters is 1. The van der Waals surface area contributed by atoms with Crippen LogP contribution in [0.5, 0.6) is 5.75 Å². The van der Waals surface area contributed by atoms with Crippen molar-refractivity contribution in [3.8, 4) is 5.75 Å². The van der Waals surface area contributed by atoms with Gasteiger partial charge in [-0.2, -0.15) is 0 Å². The predicted octanol–water partition coefficient (Wildman–Crippen LogP) is 2.21. The van der Waals surface area contributed by atoms with Crippen molar-refractivity contribution in [2.45, 2.75) is 13.5 Å². The van der Waals surface area contributed by atoms with Crippen LogP contribution in [0.3, 0.4) is 0 Å². The van der Waals surface area contributed by atoms with Crippen LogP contribution in [0.2, 0.25) is 0 Å². The minimum atomic E-state index is -0.690. The van der Waals surface area contributed by atoms with Gasteiger partial charge in [0.15, 0.2) is 5.75 Å². The van der Waals surface area contributed by atoms with Gasteiger partial charge in [0.25, 0.3) is 0 Å². The van der Waals surface area contributed by atoms with Crippen LogP contribution >= 0.6 is 0 Å². The quantitative estimate of drug-likeness (QED) is 0.730.